The molecule has 0 radical (unpaired) electrons. The van der Waals surface area contributed by atoms with E-state index in [2.05, 4.69) is 25.4 Å². The number of thiophene rings is 1. The molecule has 0 N–H and O–H groups in total. The Labute approximate surface area is 149 Å². The first-order valence-electron chi connectivity index (χ1n) is 8.28. The molecule has 0 saturated carbocycles. The quantitative estimate of drug-likeness (QED) is 0.650. The topological polar surface area (TPSA) is 72.1 Å². The predicted molar refractivity (Wildman–Crippen MR) is 94.2 cm³/mol. The molecule has 4 heterocycles. The zero-order valence-electron chi connectivity index (χ0n) is 13.9. The molecule has 0 aliphatic carbocycles. The van der Waals surface area contributed by atoms with Crippen LogP contribution in [-0.4, -0.2) is 32.4 Å². The minimum atomic E-state index is 0.116. The van der Waals surface area contributed by atoms with Gasteiger partial charge in [-0.25, -0.2) is 0 Å². The van der Waals surface area contributed by atoms with Crippen molar-refractivity contribution in [3.05, 3.63) is 52.2 Å². The van der Waals surface area contributed by atoms with E-state index in [1.807, 2.05) is 24.3 Å². The fraction of sp³-hybridized carbons (Fsp3) is 0.333. The maximum atomic E-state index is 11.5. The summed E-state index contributed by atoms with van der Waals surface area (Å²) in [6, 6.07) is 7.74. The highest BCUT2D eigenvalue weighted by Crippen LogP contribution is 2.33. The zero-order valence-corrected chi connectivity index (χ0v) is 14.7. The van der Waals surface area contributed by atoms with Gasteiger partial charge >= 0.3 is 0 Å². The third kappa shape index (κ3) is 3.38. The molecule has 7 heteroatoms. The third-order valence-electron chi connectivity index (χ3n) is 4.37. The molecule has 1 saturated heterocycles. The molecule has 1 unspecified atom stereocenters. The second kappa shape index (κ2) is 6.85. The van der Waals surface area contributed by atoms with Crippen molar-refractivity contribution in [2.75, 3.05) is 6.54 Å². The lowest BCUT2D eigenvalue weighted by atomic mass is 10.2. The van der Waals surface area contributed by atoms with Gasteiger partial charge in [0.1, 0.15) is 5.69 Å². The molecule has 0 bridgehead atoms. The van der Waals surface area contributed by atoms with E-state index in [-0.39, 0.29) is 11.8 Å². The maximum Gasteiger partial charge on any atom is 0.244 e. The van der Waals surface area contributed by atoms with Crippen molar-refractivity contribution < 1.29 is 9.32 Å². The van der Waals surface area contributed by atoms with Crippen LogP contribution in [0.1, 0.15) is 46.9 Å². The van der Waals surface area contributed by atoms with Crippen molar-refractivity contribution in [3.63, 3.8) is 0 Å². The molecule has 3 aromatic heterocycles. The molecule has 0 aromatic carbocycles. The van der Waals surface area contributed by atoms with Crippen molar-refractivity contribution in [1.82, 2.24) is 20.0 Å². The molecular weight excluding hydrogens is 336 g/mol. The molecule has 1 fully saturated rings. The molecule has 3 aromatic rings. The van der Waals surface area contributed by atoms with Crippen LogP contribution in [-0.2, 0) is 6.54 Å². The summed E-state index contributed by atoms with van der Waals surface area (Å²) in [6.45, 7) is 3.37. The molecule has 128 valence electrons. The molecule has 0 amide bonds. The predicted octanol–water partition coefficient (Wildman–Crippen LogP) is 3.73. The van der Waals surface area contributed by atoms with E-state index in [4.69, 9.17) is 4.52 Å². The molecule has 1 atom stereocenters. The van der Waals surface area contributed by atoms with E-state index in [0.29, 0.717) is 17.4 Å². The van der Waals surface area contributed by atoms with E-state index < -0.39 is 0 Å². The smallest absolute Gasteiger partial charge is 0.244 e. The largest absolute Gasteiger partial charge is 0.337 e. The number of ketones is 1. The molecule has 6 nitrogen and oxygen atoms in total. The van der Waals surface area contributed by atoms with Crippen molar-refractivity contribution >= 4 is 17.1 Å². The highest BCUT2D eigenvalue weighted by Gasteiger charge is 2.31. The van der Waals surface area contributed by atoms with E-state index in [1.165, 1.54) is 11.3 Å². The van der Waals surface area contributed by atoms with Gasteiger partial charge in [-0.05, 0) is 55.5 Å². The van der Waals surface area contributed by atoms with Crippen molar-refractivity contribution in [2.45, 2.75) is 32.4 Å². The number of Topliss-reactive ketones (excluding diaryl/α,β-unsaturated/α-hetero) is 1. The lowest BCUT2D eigenvalue weighted by molar-refractivity contribution is 0.102. The van der Waals surface area contributed by atoms with Crippen molar-refractivity contribution in [3.8, 4) is 11.5 Å². The van der Waals surface area contributed by atoms with Gasteiger partial charge in [-0.2, -0.15) is 4.98 Å². The summed E-state index contributed by atoms with van der Waals surface area (Å²) < 4.78 is 5.52. The summed E-state index contributed by atoms with van der Waals surface area (Å²) in [5.41, 5.74) is 1.87. The lowest BCUT2D eigenvalue weighted by Gasteiger charge is -2.20. The molecule has 1 aliphatic heterocycles. The second-order valence-electron chi connectivity index (χ2n) is 6.18. The molecule has 25 heavy (non-hydrogen) atoms. The number of pyridine rings is 1. The fourth-order valence-electron chi connectivity index (χ4n) is 3.14. The van der Waals surface area contributed by atoms with Crippen LogP contribution in [0.3, 0.4) is 0 Å². The summed E-state index contributed by atoms with van der Waals surface area (Å²) in [5, 5.41) is 6.14. The number of aromatic nitrogens is 3. The molecule has 4 rings (SSSR count). The molecule has 1 aliphatic rings. The highest BCUT2D eigenvalue weighted by atomic mass is 32.1. The first kappa shape index (κ1) is 16.1. The van der Waals surface area contributed by atoms with Gasteiger partial charge in [0.05, 0.1) is 10.9 Å². The summed E-state index contributed by atoms with van der Waals surface area (Å²) in [7, 11) is 0. The Hall–Kier alpha value is -2.38. The van der Waals surface area contributed by atoms with Crippen LogP contribution in [0.25, 0.3) is 11.5 Å². The summed E-state index contributed by atoms with van der Waals surface area (Å²) >= 11 is 1.50. The van der Waals surface area contributed by atoms with Crippen LogP contribution in [0, 0.1) is 0 Å². The zero-order chi connectivity index (χ0) is 17.2. The standard InChI is InChI=1S/C18H18N4O2S/c1-12(23)16-9-13(11-25-16)10-22-8-4-6-15(22)18-20-17(21-24-18)14-5-2-3-7-19-14/h2-3,5,7,9,11,15H,4,6,8,10H2,1H3. The van der Waals surface area contributed by atoms with Crippen LogP contribution in [0.4, 0.5) is 0 Å². The third-order valence-corrected chi connectivity index (χ3v) is 5.45. The first-order chi connectivity index (χ1) is 12.2. The lowest BCUT2D eigenvalue weighted by Crippen LogP contribution is -2.22. The Bertz CT molecular complexity index is 874. The maximum absolute atomic E-state index is 11.5. The van der Waals surface area contributed by atoms with Crippen LogP contribution >= 0.6 is 11.3 Å². The summed E-state index contributed by atoms with van der Waals surface area (Å²) in [5.74, 6) is 1.28. The number of carbonyl (C=O) groups excluding carboxylic acids is 1. The summed E-state index contributed by atoms with van der Waals surface area (Å²) in [4.78, 5) is 23.4. The van der Waals surface area contributed by atoms with Crippen LogP contribution < -0.4 is 0 Å². The van der Waals surface area contributed by atoms with Gasteiger partial charge in [-0.1, -0.05) is 11.2 Å². The van der Waals surface area contributed by atoms with Gasteiger partial charge < -0.3 is 4.52 Å². The van der Waals surface area contributed by atoms with Gasteiger partial charge in [0.2, 0.25) is 11.7 Å². The Morgan fingerprint density at radius 1 is 1.44 bits per heavy atom. The number of carbonyl (C=O) groups is 1. The number of likely N-dealkylation sites (tertiary alicyclic amines) is 1. The van der Waals surface area contributed by atoms with Crippen molar-refractivity contribution in [1.29, 1.82) is 0 Å². The minimum Gasteiger partial charge on any atom is -0.337 e. The van der Waals surface area contributed by atoms with Crippen molar-refractivity contribution in [2.24, 2.45) is 0 Å². The highest BCUT2D eigenvalue weighted by molar-refractivity contribution is 7.12. The second-order valence-corrected chi connectivity index (χ2v) is 7.09. The Morgan fingerprint density at radius 3 is 3.12 bits per heavy atom. The monoisotopic (exact) mass is 354 g/mol. The van der Waals surface area contributed by atoms with Gasteiger partial charge in [0.25, 0.3) is 0 Å². The fourth-order valence-corrected chi connectivity index (χ4v) is 3.95. The first-order valence-corrected chi connectivity index (χ1v) is 9.16. The Morgan fingerprint density at radius 2 is 2.36 bits per heavy atom. The number of hydrogen-bond acceptors (Lipinski definition) is 7. The van der Waals surface area contributed by atoms with E-state index in [0.717, 1.165) is 36.4 Å². The van der Waals surface area contributed by atoms with E-state index in [1.54, 1.807) is 13.1 Å². The van der Waals surface area contributed by atoms with Gasteiger partial charge in [0, 0.05) is 12.7 Å². The Kier molecular flexibility index (Phi) is 4.42. The number of rotatable bonds is 5. The SMILES string of the molecule is CC(=O)c1cc(CN2CCCC2c2nc(-c3ccccn3)no2)cs1. The molecular formula is C18H18N4O2S. The normalized spacial score (nSPS) is 17.9. The van der Waals surface area contributed by atoms with Crippen LogP contribution in [0.5, 0.6) is 0 Å². The van der Waals surface area contributed by atoms with Gasteiger partial charge in [-0.15, -0.1) is 11.3 Å². The van der Waals surface area contributed by atoms with Crippen LogP contribution in [0.2, 0.25) is 0 Å². The van der Waals surface area contributed by atoms with E-state index >= 15 is 0 Å². The minimum absolute atomic E-state index is 0.116. The average Bonchev–Trinajstić information content (AvgIpc) is 3.36. The summed E-state index contributed by atoms with van der Waals surface area (Å²) in [6.07, 6.45) is 3.81. The van der Waals surface area contributed by atoms with Gasteiger partial charge in [-0.3, -0.25) is 14.7 Å². The van der Waals surface area contributed by atoms with Gasteiger partial charge in [0.15, 0.2) is 5.78 Å². The Balaban J connectivity index is 1.51. The number of nitrogens with zero attached hydrogens (tertiary/aromatic N) is 4. The van der Waals surface area contributed by atoms with Crippen LogP contribution in [0.15, 0.2) is 40.4 Å². The molecule has 0 spiro atoms. The van der Waals surface area contributed by atoms with E-state index in [9.17, 15) is 4.79 Å². The average molecular weight is 354 g/mol. The number of hydrogen-bond donors (Lipinski definition) is 0.